The average Bonchev–Trinajstić information content (AvgIpc) is 3.58. The van der Waals surface area contributed by atoms with Crippen LogP contribution in [0.4, 0.5) is 22.7 Å². The summed E-state index contributed by atoms with van der Waals surface area (Å²) in [5, 5.41) is 4.44. The molecule has 0 fully saturated rings. The molecule has 0 spiro atoms. The van der Waals surface area contributed by atoms with E-state index < -0.39 is 0 Å². The summed E-state index contributed by atoms with van der Waals surface area (Å²) in [5.41, 5.74) is 8.75. The summed E-state index contributed by atoms with van der Waals surface area (Å²) >= 11 is 1.75. The van der Waals surface area contributed by atoms with Crippen molar-refractivity contribution < 1.29 is 4.42 Å². The van der Waals surface area contributed by atoms with Crippen molar-refractivity contribution in [2.75, 3.05) is 9.62 Å². The lowest BCUT2D eigenvalue weighted by Gasteiger charge is -2.34. The van der Waals surface area contributed by atoms with Crippen molar-refractivity contribution in [3.63, 3.8) is 0 Å². The number of nitrogens with zero attached hydrogens (tertiary/aromatic N) is 3. The summed E-state index contributed by atoms with van der Waals surface area (Å²) in [6.07, 6.45) is 1.89. The first-order chi connectivity index (χ1) is 16.4. The molecule has 0 saturated carbocycles. The Morgan fingerprint density at radius 1 is 0.697 bits per heavy atom. The lowest BCUT2D eigenvalue weighted by atomic mass is 9.61. The first kappa shape index (κ1) is 17.5. The highest BCUT2D eigenvalue weighted by Crippen LogP contribution is 2.53. The second-order valence-electron chi connectivity index (χ2n) is 8.43. The maximum Gasteiger partial charge on any atom is 0.423 e. The van der Waals surface area contributed by atoms with Crippen LogP contribution in [0.5, 0.6) is 0 Å². The minimum Gasteiger partial charge on any atom is -0.454 e. The molecule has 0 aliphatic carbocycles. The monoisotopic (exact) mass is 441 g/mol. The Balaban J connectivity index is 1.47. The third kappa shape index (κ3) is 2.18. The van der Waals surface area contributed by atoms with E-state index >= 15 is 0 Å². The van der Waals surface area contributed by atoms with Crippen molar-refractivity contribution in [3.05, 3.63) is 96.5 Å². The number of aromatic nitrogens is 1. The molecule has 0 saturated heterocycles. The minimum atomic E-state index is -0.0352. The van der Waals surface area contributed by atoms with Crippen molar-refractivity contribution in [2.24, 2.45) is 0 Å². The van der Waals surface area contributed by atoms with E-state index in [-0.39, 0.29) is 6.98 Å². The number of anilines is 4. The van der Waals surface area contributed by atoms with E-state index in [1.807, 2.05) is 24.4 Å². The lowest BCUT2D eigenvalue weighted by molar-refractivity contribution is 0.669. The number of para-hydroxylation sites is 4. The fourth-order valence-corrected chi connectivity index (χ4v) is 6.36. The molecule has 6 aromatic rings. The second kappa shape index (κ2) is 6.27. The van der Waals surface area contributed by atoms with Gasteiger partial charge in [0.1, 0.15) is 5.58 Å². The average molecular weight is 441 g/mol. The van der Waals surface area contributed by atoms with Crippen LogP contribution < -0.4 is 15.1 Å². The zero-order chi connectivity index (χ0) is 21.5. The molecule has 0 N–H and O–H groups in total. The van der Waals surface area contributed by atoms with Crippen molar-refractivity contribution in [1.82, 2.24) is 4.98 Å². The van der Waals surface area contributed by atoms with Gasteiger partial charge in [0.05, 0.1) is 33.3 Å². The molecule has 3 aromatic heterocycles. The maximum absolute atomic E-state index is 6.46. The molecule has 154 valence electrons. The summed E-state index contributed by atoms with van der Waals surface area (Å²) in [6.45, 7) is -0.0352. The van der Waals surface area contributed by atoms with Gasteiger partial charge < -0.3 is 14.0 Å². The Kier molecular flexibility index (Phi) is 3.33. The molecular formula is C27H16BN3OS. The number of rotatable bonds is 1. The summed E-state index contributed by atoms with van der Waals surface area (Å²) in [4.78, 5) is 10.9. The van der Waals surface area contributed by atoms with Gasteiger partial charge in [-0.05, 0) is 47.2 Å². The number of thiophene rings is 1. The number of hydrogen-bond donors (Lipinski definition) is 0. The fraction of sp³-hybridized carbons (Fsp3) is 0. The zero-order valence-corrected chi connectivity index (χ0v) is 18.3. The zero-order valence-electron chi connectivity index (χ0n) is 17.5. The molecule has 0 atom stereocenters. The molecule has 0 radical (unpaired) electrons. The third-order valence-corrected chi connectivity index (χ3v) is 7.68. The topological polar surface area (TPSA) is 32.5 Å². The van der Waals surface area contributed by atoms with E-state index in [0.717, 1.165) is 33.3 Å². The molecule has 2 aliphatic rings. The van der Waals surface area contributed by atoms with Gasteiger partial charge >= 0.3 is 6.98 Å². The van der Waals surface area contributed by atoms with Crippen LogP contribution in [0.1, 0.15) is 0 Å². The van der Waals surface area contributed by atoms with Gasteiger partial charge in [0.2, 0.25) is 0 Å². The molecule has 4 nitrogen and oxygen atoms in total. The summed E-state index contributed by atoms with van der Waals surface area (Å²) in [5.74, 6) is 0. The SMILES string of the molecule is c1cnc2c(c1)B1N(c3ccccc3N1c1cccc3c1oc1ccccc13)c1ccsc1-2. The van der Waals surface area contributed by atoms with E-state index in [0.29, 0.717) is 0 Å². The molecule has 8 rings (SSSR count). The van der Waals surface area contributed by atoms with E-state index in [2.05, 4.69) is 81.7 Å². The smallest absolute Gasteiger partial charge is 0.423 e. The highest BCUT2D eigenvalue weighted by molar-refractivity contribution is 7.15. The molecule has 33 heavy (non-hydrogen) atoms. The molecule has 6 heteroatoms. The van der Waals surface area contributed by atoms with Crippen LogP contribution in [0.3, 0.4) is 0 Å². The summed E-state index contributed by atoms with van der Waals surface area (Å²) < 4.78 is 6.46. The highest BCUT2D eigenvalue weighted by Gasteiger charge is 2.49. The number of pyridine rings is 1. The number of fused-ring (bicyclic) bond motifs is 11. The number of furan rings is 1. The van der Waals surface area contributed by atoms with Gasteiger partial charge in [-0.1, -0.05) is 48.5 Å². The normalized spacial score (nSPS) is 13.9. The van der Waals surface area contributed by atoms with Gasteiger partial charge in [-0.3, -0.25) is 4.98 Å². The molecular weight excluding hydrogens is 425 g/mol. The van der Waals surface area contributed by atoms with Crippen LogP contribution in [0, 0.1) is 0 Å². The van der Waals surface area contributed by atoms with Crippen LogP contribution in [0.15, 0.2) is 101 Å². The predicted molar refractivity (Wildman–Crippen MR) is 137 cm³/mol. The summed E-state index contributed by atoms with van der Waals surface area (Å²) in [7, 11) is 0. The molecule has 3 aromatic carbocycles. The fourth-order valence-electron chi connectivity index (χ4n) is 5.46. The maximum atomic E-state index is 6.46. The molecule has 0 amide bonds. The first-order valence-corrected chi connectivity index (χ1v) is 11.9. The van der Waals surface area contributed by atoms with Crippen molar-refractivity contribution in [3.8, 4) is 10.6 Å². The van der Waals surface area contributed by atoms with Crippen LogP contribution in [-0.4, -0.2) is 12.0 Å². The third-order valence-electron chi connectivity index (χ3n) is 6.77. The van der Waals surface area contributed by atoms with Crippen LogP contribution in [0.25, 0.3) is 32.5 Å². The van der Waals surface area contributed by atoms with Gasteiger partial charge in [-0.2, -0.15) is 0 Å². The first-order valence-electron chi connectivity index (χ1n) is 11.0. The van der Waals surface area contributed by atoms with Crippen LogP contribution in [0.2, 0.25) is 0 Å². The molecule has 5 heterocycles. The Labute approximate surface area is 194 Å². The molecule has 2 aliphatic heterocycles. The minimum absolute atomic E-state index is 0.0352. The van der Waals surface area contributed by atoms with Gasteiger partial charge in [-0.15, -0.1) is 11.3 Å². The predicted octanol–water partition coefficient (Wildman–Crippen LogP) is 6.71. The van der Waals surface area contributed by atoms with Crippen LogP contribution in [-0.2, 0) is 0 Å². The van der Waals surface area contributed by atoms with Crippen molar-refractivity contribution in [2.45, 2.75) is 0 Å². The van der Waals surface area contributed by atoms with Crippen molar-refractivity contribution in [1.29, 1.82) is 0 Å². The van der Waals surface area contributed by atoms with Crippen molar-refractivity contribution >= 4 is 68.5 Å². The highest BCUT2D eigenvalue weighted by atomic mass is 32.1. The van der Waals surface area contributed by atoms with Gasteiger partial charge in [0, 0.05) is 17.0 Å². The number of hydrogen-bond acceptors (Lipinski definition) is 5. The summed E-state index contributed by atoms with van der Waals surface area (Å²) in [6, 6.07) is 29.8. The van der Waals surface area contributed by atoms with E-state index in [4.69, 9.17) is 9.40 Å². The Morgan fingerprint density at radius 2 is 1.45 bits per heavy atom. The standard InChI is InChI=1S/C27H16BN3OS/c1-4-13-24-17(7-1)18-8-5-12-22(26(18)32-24)30-20-10-2-3-11-21(20)31-23-14-16-33-27(23)25-19(28(30)31)9-6-15-29-25/h1-16H. The van der Waals surface area contributed by atoms with Gasteiger partial charge in [-0.25, -0.2) is 0 Å². The van der Waals surface area contributed by atoms with E-state index in [1.54, 1.807) is 11.3 Å². The largest absolute Gasteiger partial charge is 0.454 e. The van der Waals surface area contributed by atoms with Gasteiger partial charge in [0.25, 0.3) is 0 Å². The van der Waals surface area contributed by atoms with E-state index in [1.165, 1.54) is 27.4 Å². The lowest BCUT2D eigenvalue weighted by Crippen LogP contribution is -2.55. The quantitative estimate of drug-likeness (QED) is 0.266. The van der Waals surface area contributed by atoms with Crippen LogP contribution >= 0.6 is 11.3 Å². The van der Waals surface area contributed by atoms with Gasteiger partial charge in [0.15, 0.2) is 5.58 Å². The Hall–Kier alpha value is -4.03. The van der Waals surface area contributed by atoms with E-state index in [9.17, 15) is 0 Å². The number of benzene rings is 3. The Morgan fingerprint density at radius 3 is 2.36 bits per heavy atom. The molecule has 0 unspecified atom stereocenters. The second-order valence-corrected chi connectivity index (χ2v) is 9.35. The molecule has 0 bridgehead atoms. The Bertz CT molecular complexity index is 1720.